The monoisotopic (exact) mass is 214 g/mol. The summed E-state index contributed by atoms with van der Waals surface area (Å²) in [6.07, 6.45) is 0. The minimum Gasteiger partial charge on any atom is -0.0620 e. The topological polar surface area (TPSA) is 0 Å². The van der Waals surface area contributed by atoms with E-state index in [4.69, 9.17) is 0 Å². The van der Waals surface area contributed by atoms with Crippen LogP contribution in [0.1, 0.15) is 55.9 Å². The van der Waals surface area contributed by atoms with Crippen LogP contribution in [-0.2, 0) is 0 Å². The van der Waals surface area contributed by atoms with Crippen LogP contribution in [0, 0.1) is 19.8 Å². The minimum atomic E-state index is 0.634. The van der Waals surface area contributed by atoms with Crippen LogP contribution >= 0.6 is 0 Å². The van der Waals surface area contributed by atoms with Gasteiger partial charge in [0.2, 0.25) is 0 Å². The molecule has 1 aromatic carbocycles. The zero-order valence-electron chi connectivity index (χ0n) is 11.3. The number of allylic oxidation sites excluding steroid dienone is 2. The number of hydrogen-bond donors (Lipinski definition) is 0. The maximum absolute atomic E-state index is 2.34. The number of aryl methyl sites for hydroxylation is 1. The predicted octanol–water partition coefficient (Wildman–Crippen LogP) is 4.85. The van der Waals surface area contributed by atoms with E-state index >= 15 is 0 Å². The highest BCUT2D eigenvalue weighted by atomic mass is 14.3. The van der Waals surface area contributed by atoms with Crippen molar-refractivity contribution in [3.05, 3.63) is 40.0 Å². The first-order valence-corrected chi connectivity index (χ1v) is 6.23. The summed E-state index contributed by atoms with van der Waals surface area (Å²) in [5, 5.41) is 0. The molecule has 0 fully saturated rings. The maximum Gasteiger partial charge on any atom is 0.00804 e. The number of fused-ring (bicyclic) bond motifs is 1. The smallest absolute Gasteiger partial charge is 0.00804 e. The van der Waals surface area contributed by atoms with Crippen molar-refractivity contribution < 1.29 is 0 Å². The van der Waals surface area contributed by atoms with Crippen molar-refractivity contribution in [2.24, 2.45) is 5.92 Å². The average molecular weight is 214 g/mol. The molecular formula is C16H22. The van der Waals surface area contributed by atoms with E-state index in [0.29, 0.717) is 11.8 Å². The van der Waals surface area contributed by atoms with Crippen molar-refractivity contribution in [3.63, 3.8) is 0 Å². The van der Waals surface area contributed by atoms with E-state index in [9.17, 15) is 0 Å². The molecule has 0 amide bonds. The van der Waals surface area contributed by atoms with E-state index in [1.165, 1.54) is 22.3 Å². The molecule has 1 atom stereocenters. The Bertz CT molecular complexity index is 461. The summed E-state index contributed by atoms with van der Waals surface area (Å²) in [7, 11) is 0. The number of benzene rings is 1. The van der Waals surface area contributed by atoms with Crippen LogP contribution in [0.25, 0.3) is 5.57 Å². The van der Waals surface area contributed by atoms with Gasteiger partial charge in [0, 0.05) is 5.92 Å². The van der Waals surface area contributed by atoms with Crippen LogP contribution in [0.3, 0.4) is 0 Å². The van der Waals surface area contributed by atoms with Gasteiger partial charge < -0.3 is 0 Å². The van der Waals surface area contributed by atoms with Gasteiger partial charge in [-0.25, -0.2) is 0 Å². The molecule has 16 heavy (non-hydrogen) atoms. The lowest BCUT2D eigenvalue weighted by Gasteiger charge is -2.19. The summed E-state index contributed by atoms with van der Waals surface area (Å²) in [6.45, 7) is 13.7. The summed E-state index contributed by atoms with van der Waals surface area (Å²) >= 11 is 0. The van der Waals surface area contributed by atoms with Gasteiger partial charge in [-0.15, -0.1) is 0 Å². The lowest BCUT2D eigenvalue weighted by Crippen LogP contribution is -2.05. The fraction of sp³-hybridized carbons (Fsp3) is 0.500. The fourth-order valence-electron chi connectivity index (χ4n) is 3.12. The molecule has 0 heterocycles. The van der Waals surface area contributed by atoms with E-state index in [1.807, 2.05) is 0 Å². The molecule has 1 aliphatic rings. The lowest BCUT2D eigenvalue weighted by molar-refractivity contribution is 0.562. The van der Waals surface area contributed by atoms with E-state index < -0.39 is 0 Å². The van der Waals surface area contributed by atoms with Gasteiger partial charge >= 0.3 is 0 Å². The molecule has 0 spiro atoms. The molecule has 86 valence electrons. The molecule has 2 rings (SSSR count). The minimum absolute atomic E-state index is 0.634. The Kier molecular flexibility index (Phi) is 2.69. The summed E-state index contributed by atoms with van der Waals surface area (Å²) in [4.78, 5) is 0. The maximum atomic E-state index is 2.34. The fourth-order valence-corrected chi connectivity index (χ4v) is 3.12. The van der Waals surface area contributed by atoms with Crippen molar-refractivity contribution in [1.29, 1.82) is 0 Å². The first-order valence-electron chi connectivity index (χ1n) is 6.23. The third-order valence-electron chi connectivity index (χ3n) is 4.20. The van der Waals surface area contributed by atoms with Crippen LogP contribution in [0.4, 0.5) is 0 Å². The molecule has 0 N–H and O–H groups in total. The van der Waals surface area contributed by atoms with Crippen LogP contribution in [0.2, 0.25) is 0 Å². The number of rotatable bonds is 1. The molecule has 0 bridgehead atoms. The SMILES string of the molecule is CC1=C(C)C(C(C)C)c2ccc(C)c(C)c21. The summed E-state index contributed by atoms with van der Waals surface area (Å²) in [5.41, 5.74) is 9.03. The van der Waals surface area contributed by atoms with Crippen molar-refractivity contribution in [1.82, 2.24) is 0 Å². The second kappa shape index (κ2) is 3.76. The van der Waals surface area contributed by atoms with E-state index in [1.54, 1.807) is 11.1 Å². The summed E-state index contributed by atoms with van der Waals surface area (Å²) < 4.78 is 0. The molecule has 0 heteroatoms. The van der Waals surface area contributed by atoms with Gasteiger partial charge in [0.25, 0.3) is 0 Å². The largest absolute Gasteiger partial charge is 0.0620 e. The zero-order valence-corrected chi connectivity index (χ0v) is 11.3. The summed E-state index contributed by atoms with van der Waals surface area (Å²) in [6, 6.07) is 4.61. The van der Waals surface area contributed by atoms with E-state index in [2.05, 4.69) is 53.7 Å². The zero-order chi connectivity index (χ0) is 12.0. The molecular weight excluding hydrogens is 192 g/mol. The second-order valence-corrected chi connectivity index (χ2v) is 5.50. The number of hydrogen-bond acceptors (Lipinski definition) is 0. The first kappa shape index (κ1) is 11.4. The van der Waals surface area contributed by atoms with Crippen LogP contribution in [0.15, 0.2) is 17.7 Å². The first-order chi connectivity index (χ1) is 7.45. The Hall–Kier alpha value is -1.04. The Morgan fingerprint density at radius 3 is 2.19 bits per heavy atom. The van der Waals surface area contributed by atoms with Crippen LogP contribution in [-0.4, -0.2) is 0 Å². The molecule has 0 saturated heterocycles. The normalized spacial score (nSPS) is 19.6. The van der Waals surface area contributed by atoms with Gasteiger partial charge in [-0.2, -0.15) is 0 Å². The Morgan fingerprint density at radius 2 is 1.62 bits per heavy atom. The van der Waals surface area contributed by atoms with Gasteiger partial charge in [-0.3, -0.25) is 0 Å². The quantitative estimate of drug-likeness (QED) is 0.627. The van der Waals surface area contributed by atoms with Crippen molar-refractivity contribution in [2.45, 2.75) is 47.5 Å². The summed E-state index contributed by atoms with van der Waals surface area (Å²) in [5.74, 6) is 1.33. The van der Waals surface area contributed by atoms with Gasteiger partial charge in [0.15, 0.2) is 0 Å². The molecule has 1 aromatic rings. The highest BCUT2D eigenvalue weighted by Gasteiger charge is 2.29. The standard InChI is InChI=1S/C16H22/c1-9(2)15-12(5)13(6)16-11(4)10(3)7-8-14(15)16/h7-9,15H,1-6H3. The predicted molar refractivity (Wildman–Crippen MR) is 71.8 cm³/mol. The van der Waals surface area contributed by atoms with Crippen LogP contribution < -0.4 is 0 Å². The average Bonchev–Trinajstić information content (AvgIpc) is 2.46. The Morgan fingerprint density at radius 1 is 1.00 bits per heavy atom. The van der Waals surface area contributed by atoms with Gasteiger partial charge in [0.05, 0.1) is 0 Å². The second-order valence-electron chi connectivity index (χ2n) is 5.50. The van der Waals surface area contributed by atoms with Gasteiger partial charge in [-0.05, 0) is 61.4 Å². The Labute approximate surface area is 99.4 Å². The molecule has 0 nitrogen and oxygen atoms in total. The molecule has 0 radical (unpaired) electrons. The molecule has 0 aromatic heterocycles. The highest BCUT2D eigenvalue weighted by molar-refractivity contribution is 5.79. The van der Waals surface area contributed by atoms with Crippen molar-refractivity contribution >= 4 is 5.57 Å². The molecule has 0 aliphatic heterocycles. The molecule has 1 unspecified atom stereocenters. The third-order valence-corrected chi connectivity index (χ3v) is 4.20. The third kappa shape index (κ3) is 1.43. The molecule has 1 aliphatic carbocycles. The molecule has 0 saturated carbocycles. The van der Waals surface area contributed by atoms with Crippen LogP contribution in [0.5, 0.6) is 0 Å². The van der Waals surface area contributed by atoms with Crippen molar-refractivity contribution in [3.8, 4) is 0 Å². The lowest BCUT2D eigenvalue weighted by atomic mass is 9.85. The Balaban J connectivity index is 2.69. The van der Waals surface area contributed by atoms with Crippen molar-refractivity contribution in [2.75, 3.05) is 0 Å². The highest BCUT2D eigenvalue weighted by Crippen LogP contribution is 2.46. The van der Waals surface area contributed by atoms with E-state index in [0.717, 1.165) is 0 Å². The van der Waals surface area contributed by atoms with Gasteiger partial charge in [0.1, 0.15) is 0 Å². The van der Waals surface area contributed by atoms with E-state index in [-0.39, 0.29) is 0 Å². The van der Waals surface area contributed by atoms with Gasteiger partial charge in [-0.1, -0.05) is 31.6 Å².